The van der Waals surface area contributed by atoms with Crippen LogP contribution in [0.2, 0.25) is 0 Å². The first-order valence-electron chi connectivity index (χ1n) is 5.27. The van der Waals surface area contributed by atoms with Gasteiger partial charge in [-0.05, 0) is 24.3 Å². The van der Waals surface area contributed by atoms with Crippen LogP contribution in [0.5, 0.6) is 0 Å². The van der Waals surface area contributed by atoms with E-state index >= 15 is 0 Å². The standard InChI is InChI=1S/C11H13N5OS/c1-16-11(13-7-14-16)18-6-10(17)15-9-4-2-8(12)3-5-9/h2-5,7H,6,12H2,1H3,(H,15,17). The smallest absolute Gasteiger partial charge is 0.234 e. The minimum absolute atomic E-state index is 0.0900. The molecule has 18 heavy (non-hydrogen) atoms. The summed E-state index contributed by atoms with van der Waals surface area (Å²) in [7, 11) is 1.78. The van der Waals surface area contributed by atoms with Crippen LogP contribution in [-0.2, 0) is 11.8 Å². The zero-order chi connectivity index (χ0) is 13.0. The Kier molecular flexibility index (Phi) is 3.83. The topological polar surface area (TPSA) is 85.8 Å². The molecule has 0 saturated heterocycles. The van der Waals surface area contributed by atoms with E-state index in [9.17, 15) is 4.79 Å². The third kappa shape index (κ3) is 3.24. The van der Waals surface area contributed by atoms with Crippen molar-refractivity contribution in [3.63, 3.8) is 0 Å². The quantitative estimate of drug-likeness (QED) is 0.638. The second-order valence-corrected chi connectivity index (χ2v) is 4.57. The van der Waals surface area contributed by atoms with Gasteiger partial charge in [0.05, 0.1) is 5.75 Å². The van der Waals surface area contributed by atoms with Crippen molar-refractivity contribution in [1.29, 1.82) is 0 Å². The van der Waals surface area contributed by atoms with Crippen molar-refractivity contribution in [1.82, 2.24) is 14.8 Å². The molecule has 0 radical (unpaired) electrons. The lowest BCUT2D eigenvalue weighted by atomic mass is 10.3. The highest BCUT2D eigenvalue weighted by Gasteiger charge is 2.06. The molecule has 0 atom stereocenters. The number of anilines is 2. The number of benzene rings is 1. The van der Waals surface area contributed by atoms with Crippen molar-refractivity contribution in [2.75, 3.05) is 16.8 Å². The van der Waals surface area contributed by atoms with Crippen LogP contribution in [0.4, 0.5) is 11.4 Å². The molecule has 1 aromatic carbocycles. The lowest BCUT2D eigenvalue weighted by Gasteiger charge is -2.04. The number of nitrogens with zero attached hydrogens (tertiary/aromatic N) is 3. The number of aromatic nitrogens is 3. The van der Waals surface area contributed by atoms with Crippen LogP contribution in [0.1, 0.15) is 0 Å². The fourth-order valence-corrected chi connectivity index (χ4v) is 2.00. The molecule has 3 N–H and O–H groups in total. The van der Waals surface area contributed by atoms with Gasteiger partial charge >= 0.3 is 0 Å². The Morgan fingerprint density at radius 2 is 2.17 bits per heavy atom. The van der Waals surface area contributed by atoms with Crippen LogP contribution in [0.3, 0.4) is 0 Å². The maximum Gasteiger partial charge on any atom is 0.234 e. The predicted molar refractivity (Wildman–Crippen MR) is 71.2 cm³/mol. The average molecular weight is 263 g/mol. The molecule has 0 saturated carbocycles. The van der Waals surface area contributed by atoms with Crippen molar-refractivity contribution >= 4 is 29.0 Å². The third-order valence-electron chi connectivity index (χ3n) is 2.20. The Morgan fingerprint density at radius 3 is 2.78 bits per heavy atom. The molecular formula is C11H13N5OS. The van der Waals surface area contributed by atoms with Gasteiger partial charge in [-0.2, -0.15) is 5.10 Å². The van der Waals surface area contributed by atoms with E-state index in [-0.39, 0.29) is 11.7 Å². The number of rotatable bonds is 4. The summed E-state index contributed by atoms with van der Waals surface area (Å²) in [6.45, 7) is 0. The second kappa shape index (κ2) is 5.54. The molecule has 1 aromatic heterocycles. The van der Waals surface area contributed by atoms with Gasteiger partial charge in [-0.25, -0.2) is 9.67 Å². The molecule has 1 amide bonds. The Labute approximate surface area is 109 Å². The van der Waals surface area contributed by atoms with Gasteiger partial charge in [0.2, 0.25) is 5.91 Å². The number of carbonyl (C=O) groups is 1. The molecule has 0 aliphatic carbocycles. The fourth-order valence-electron chi connectivity index (χ4n) is 1.31. The monoisotopic (exact) mass is 263 g/mol. The van der Waals surface area contributed by atoms with Crippen LogP contribution in [-0.4, -0.2) is 26.4 Å². The molecule has 0 fully saturated rings. The van der Waals surface area contributed by atoms with Crippen molar-refractivity contribution in [2.45, 2.75) is 5.16 Å². The number of nitrogens with two attached hydrogens (primary N) is 1. The van der Waals surface area contributed by atoms with E-state index in [0.29, 0.717) is 10.8 Å². The van der Waals surface area contributed by atoms with Crippen molar-refractivity contribution in [3.8, 4) is 0 Å². The summed E-state index contributed by atoms with van der Waals surface area (Å²) in [5.74, 6) is 0.199. The number of nitrogens with one attached hydrogen (secondary N) is 1. The summed E-state index contributed by atoms with van der Waals surface area (Å²) >= 11 is 1.34. The molecule has 0 unspecified atom stereocenters. The highest BCUT2D eigenvalue weighted by molar-refractivity contribution is 7.99. The first kappa shape index (κ1) is 12.4. The van der Waals surface area contributed by atoms with Crippen LogP contribution >= 0.6 is 11.8 Å². The van der Waals surface area contributed by atoms with Crippen LogP contribution in [0.25, 0.3) is 0 Å². The highest BCUT2D eigenvalue weighted by Crippen LogP contribution is 2.15. The zero-order valence-corrected chi connectivity index (χ0v) is 10.6. The van der Waals surface area contributed by atoms with Gasteiger partial charge in [0.15, 0.2) is 5.16 Å². The molecule has 0 aliphatic rings. The van der Waals surface area contributed by atoms with Gasteiger partial charge in [-0.3, -0.25) is 4.79 Å². The van der Waals surface area contributed by atoms with E-state index in [0.717, 1.165) is 5.69 Å². The molecule has 2 rings (SSSR count). The van der Waals surface area contributed by atoms with Crippen molar-refractivity contribution in [3.05, 3.63) is 30.6 Å². The van der Waals surface area contributed by atoms with Gasteiger partial charge in [-0.15, -0.1) is 0 Å². The molecule has 0 spiro atoms. The summed E-state index contributed by atoms with van der Waals surface area (Å²) in [4.78, 5) is 15.7. The minimum Gasteiger partial charge on any atom is -0.399 e. The fraction of sp³-hybridized carbons (Fsp3) is 0.182. The van der Waals surface area contributed by atoms with Gasteiger partial charge in [0.1, 0.15) is 6.33 Å². The summed E-state index contributed by atoms with van der Waals surface area (Å²) in [5, 5.41) is 7.42. The first-order chi connectivity index (χ1) is 8.65. The maximum absolute atomic E-state index is 11.7. The molecular weight excluding hydrogens is 250 g/mol. The van der Waals surface area contributed by atoms with Gasteiger partial charge < -0.3 is 11.1 Å². The molecule has 2 aromatic rings. The zero-order valence-electron chi connectivity index (χ0n) is 9.83. The minimum atomic E-state index is -0.0900. The van der Waals surface area contributed by atoms with Gasteiger partial charge in [0.25, 0.3) is 0 Å². The van der Waals surface area contributed by atoms with E-state index in [4.69, 9.17) is 5.73 Å². The Bertz CT molecular complexity index is 537. The molecule has 7 heteroatoms. The molecule has 0 bridgehead atoms. The summed E-state index contributed by atoms with van der Waals surface area (Å²) < 4.78 is 1.63. The number of aryl methyl sites for hydroxylation is 1. The highest BCUT2D eigenvalue weighted by atomic mass is 32.2. The van der Waals surface area contributed by atoms with E-state index in [1.165, 1.54) is 18.1 Å². The predicted octanol–water partition coefficient (Wildman–Crippen LogP) is 1.13. The molecule has 0 aliphatic heterocycles. The Morgan fingerprint density at radius 1 is 1.44 bits per heavy atom. The van der Waals surface area contributed by atoms with Crippen LogP contribution in [0, 0.1) is 0 Å². The van der Waals surface area contributed by atoms with E-state index < -0.39 is 0 Å². The molecule has 1 heterocycles. The van der Waals surface area contributed by atoms with Crippen LogP contribution in [0.15, 0.2) is 35.7 Å². The lowest BCUT2D eigenvalue weighted by molar-refractivity contribution is -0.113. The van der Waals surface area contributed by atoms with Gasteiger partial charge in [0, 0.05) is 18.4 Å². The van der Waals surface area contributed by atoms with E-state index in [1.807, 2.05) is 0 Å². The second-order valence-electron chi connectivity index (χ2n) is 3.63. The average Bonchev–Trinajstić information content (AvgIpc) is 2.75. The SMILES string of the molecule is Cn1ncnc1SCC(=O)Nc1ccc(N)cc1. The van der Waals surface area contributed by atoms with Crippen molar-refractivity contribution < 1.29 is 4.79 Å². The van der Waals surface area contributed by atoms with Crippen LogP contribution < -0.4 is 11.1 Å². The number of thioether (sulfide) groups is 1. The molecule has 94 valence electrons. The number of hydrogen-bond acceptors (Lipinski definition) is 5. The summed E-state index contributed by atoms with van der Waals surface area (Å²) in [5.41, 5.74) is 6.96. The number of nitrogen functional groups attached to an aromatic ring is 1. The Balaban J connectivity index is 1.86. The maximum atomic E-state index is 11.7. The normalized spacial score (nSPS) is 10.3. The largest absolute Gasteiger partial charge is 0.399 e. The third-order valence-corrected chi connectivity index (χ3v) is 3.23. The molecule has 6 nitrogen and oxygen atoms in total. The van der Waals surface area contributed by atoms with Crippen molar-refractivity contribution in [2.24, 2.45) is 7.05 Å². The van der Waals surface area contributed by atoms with Gasteiger partial charge in [-0.1, -0.05) is 11.8 Å². The number of hydrogen-bond donors (Lipinski definition) is 2. The summed E-state index contributed by atoms with van der Waals surface area (Å²) in [6.07, 6.45) is 1.46. The number of amides is 1. The Hall–Kier alpha value is -2.02. The summed E-state index contributed by atoms with van der Waals surface area (Å²) in [6, 6.07) is 7.01. The lowest BCUT2D eigenvalue weighted by Crippen LogP contribution is -2.14. The number of carbonyl (C=O) groups excluding carboxylic acids is 1. The first-order valence-corrected chi connectivity index (χ1v) is 6.26. The van der Waals surface area contributed by atoms with E-state index in [2.05, 4.69) is 15.4 Å². The van der Waals surface area contributed by atoms with E-state index in [1.54, 1.807) is 36.0 Å².